The van der Waals surface area contributed by atoms with Crippen LogP contribution in [-0.2, 0) is 6.42 Å². The molecule has 0 amide bonds. The van der Waals surface area contributed by atoms with Crippen molar-refractivity contribution in [3.8, 4) is 17.6 Å². The highest BCUT2D eigenvalue weighted by Crippen LogP contribution is 2.29. The molecule has 0 aliphatic rings. The van der Waals surface area contributed by atoms with Gasteiger partial charge in [0.1, 0.15) is 11.6 Å². The smallest absolute Gasteiger partial charge is 0.325 e. The molecule has 0 saturated heterocycles. The topological polar surface area (TPSA) is 71.4 Å². The fraction of sp³-hybridized carbons (Fsp3) is 0.174. The van der Waals surface area contributed by atoms with E-state index in [1.54, 1.807) is 30.5 Å². The summed E-state index contributed by atoms with van der Waals surface area (Å²) in [6.45, 7) is 2.03. The highest BCUT2D eigenvalue weighted by molar-refractivity contribution is 5.82. The van der Waals surface area contributed by atoms with Crippen molar-refractivity contribution >= 4 is 22.3 Å². The van der Waals surface area contributed by atoms with Crippen LogP contribution in [0.25, 0.3) is 10.9 Å². The summed E-state index contributed by atoms with van der Waals surface area (Å²) in [6, 6.07) is 14.2. The molecule has 2 aromatic carbocycles. The zero-order valence-electron chi connectivity index (χ0n) is 16.7. The summed E-state index contributed by atoms with van der Waals surface area (Å²) in [5.41, 5.74) is 2.85. The number of aromatic nitrogens is 3. The summed E-state index contributed by atoms with van der Waals surface area (Å²) >= 11 is 0. The number of pyridine rings is 1. The normalized spacial score (nSPS) is 10.9. The largest absolute Gasteiger partial charge is 0.493 e. The first-order valence-corrected chi connectivity index (χ1v) is 9.66. The molecule has 4 aromatic rings. The molecule has 0 spiro atoms. The molecule has 1 N–H and O–H groups in total. The molecule has 2 aromatic heterocycles. The molecule has 0 fully saturated rings. The fourth-order valence-electron chi connectivity index (χ4n) is 3.20. The second-order valence-electron chi connectivity index (χ2n) is 6.90. The molecule has 0 saturated carbocycles. The lowest BCUT2D eigenvalue weighted by molar-refractivity contribution is 0.412. The van der Waals surface area contributed by atoms with Crippen LogP contribution in [0, 0.1) is 5.82 Å². The Morgan fingerprint density at radius 2 is 1.80 bits per heavy atom. The summed E-state index contributed by atoms with van der Waals surface area (Å²) in [5, 5.41) is 10.6. The lowest BCUT2D eigenvalue weighted by Gasteiger charge is -2.20. The van der Waals surface area contributed by atoms with E-state index in [4.69, 9.17) is 4.74 Å². The number of hydrogen-bond donors (Lipinski definition) is 1. The SMILES string of the molecule is CCCc1ccc(N(C)c2ccc(Oc3nc(O)c4ccncc4n3)cc2)cc1F. The van der Waals surface area contributed by atoms with E-state index < -0.39 is 0 Å². The third-order valence-corrected chi connectivity index (χ3v) is 4.84. The Morgan fingerprint density at radius 3 is 2.53 bits per heavy atom. The number of nitrogens with zero attached hydrogens (tertiary/aromatic N) is 4. The van der Waals surface area contributed by atoms with Crippen LogP contribution in [0.4, 0.5) is 15.8 Å². The van der Waals surface area contributed by atoms with Gasteiger partial charge in [-0.05, 0) is 54.4 Å². The predicted octanol–water partition coefficient (Wildman–Crippen LogP) is 5.38. The molecular weight excluding hydrogens is 383 g/mol. The molecule has 0 atom stereocenters. The minimum Gasteiger partial charge on any atom is -0.493 e. The minimum absolute atomic E-state index is 0.0303. The maximum Gasteiger partial charge on any atom is 0.325 e. The molecular formula is C23H21FN4O2. The number of ether oxygens (including phenoxy) is 1. The molecule has 0 unspecified atom stereocenters. The first-order chi connectivity index (χ1) is 14.5. The van der Waals surface area contributed by atoms with Crippen LogP contribution in [0.1, 0.15) is 18.9 Å². The highest BCUT2D eigenvalue weighted by atomic mass is 19.1. The monoisotopic (exact) mass is 404 g/mol. The van der Waals surface area contributed by atoms with E-state index >= 15 is 0 Å². The third kappa shape index (κ3) is 4.00. The molecule has 152 valence electrons. The number of halogens is 1. The first-order valence-electron chi connectivity index (χ1n) is 9.66. The van der Waals surface area contributed by atoms with Gasteiger partial charge in [-0.1, -0.05) is 19.4 Å². The van der Waals surface area contributed by atoms with Crippen molar-refractivity contribution in [2.45, 2.75) is 19.8 Å². The van der Waals surface area contributed by atoms with Gasteiger partial charge in [0.25, 0.3) is 0 Å². The quantitative estimate of drug-likeness (QED) is 0.465. The van der Waals surface area contributed by atoms with Gasteiger partial charge < -0.3 is 14.7 Å². The summed E-state index contributed by atoms with van der Waals surface area (Å²) < 4.78 is 20.0. The zero-order chi connectivity index (χ0) is 21.1. The van der Waals surface area contributed by atoms with Gasteiger partial charge in [-0.2, -0.15) is 9.97 Å². The number of aryl methyl sites for hydroxylation is 1. The number of fused-ring (bicyclic) bond motifs is 1. The maximum atomic E-state index is 14.3. The van der Waals surface area contributed by atoms with E-state index in [9.17, 15) is 9.50 Å². The van der Waals surface area contributed by atoms with Gasteiger partial charge in [-0.15, -0.1) is 0 Å². The van der Waals surface area contributed by atoms with Crippen LogP contribution in [0.15, 0.2) is 60.9 Å². The Kier molecular flexibility index (Phi) is 5.43. The molecule has 4 rings (SSSR count). The Balaban J connectivity index is 1.52. The first kappa shape index (κ1) is 19.6. The number of anilines is 2. The summed E-state index contributed by atoms with van der Waals surface area (Å²) in [5.74, 6) is 0.158. The number of rotatable bonds is 6. The van der Waals surface area contributed by atoms with E-state index in [0.717, 1.165) is 29.8 Å². The molecule has 0 aliphatic carbocycles. The lowest BCUT2D eigenvalue weighted by Crippen LogP contribution is -2.10. The van der Waals surface area contributed by atoms with Gasteiger partial charge in [0, 0.05) is 24.6 Å². The molecule has 6 nitrogen and oxygen atoms in total. The average molecular weight is 404 g/mol. The van der Waals surface area contributed by atoms with E-state index in [1.807, 2.05) is 43.1 Å². The van der Waals surface area contributed by atoms with Crippen molar-refractivity contribution in [1.29, 1.82) is 0 Å². The van der Waals surface area contributed by atoms with E-state index in [0.29, 0.717) is 16.7 Å². The lowest BCUT2D eigenvalue weighted by atomic mass is 10.1. The molecule has 0 bridgehead atoms. The second-order valence-corrected chi connectivity index (χ2v) is 6.90. The van der Waals surface area contributed by atoms with Gasteiger partial charge in [-0.3, -0.25) is 4.98 Å². The van der Waals surface area contributed by atoms with Crippen LogP contribution >= 0.6 is 0 Å². The maximum absolute atomic E-state index is 14.3. The van der Waals surface area contributed by atoms with Crippen molar-refractivity contribution in [3.05, 3.63) is 72.3 Å². The van der Waals surface area contributed by atoms with Crippen LogP contribution < -0.4 is 9.64 Å². The Morgan fingerprint density at radius 1 is 1.03 bits per heavy atom. The van der Waals surface area contributed by atoms with Gasteiger partial charge in [0.15, 0.2) is 0 Å². The standard InChI is InChI=1S/C23H21FN4O2/c1-3-4-15-5-6-17(13-20(15)24)28(2)16-7-9-18(10-8-16)30-23-26-21-14-25-12-11-19(21)22(29)27-23/h5-14H,3-4H2,1-2H3,(H,26,27,29). The van der Waals surface area contributed by atoms with Crippen molar-refractivity contribution in [2.75, 3.05) is 11.9 Å². The minimum atomic E-state index is -0.191. The Hall–Kier alpha value is -3.74. The van der Waals surface area contributed by atoms with Crippen molar-refractivity contribution < 1.29 is 14.2 Å². The van der Waals surface area contributed by atoms with Crippen molar-refractivity contribution in [1.82, 2.24) is 15.0 Å². The molecule has 7 heteroatoms. The molecule has 2 heterocycles. The second kappa shape index (κ2) is 8.32. The molecule has 30 heavy (non-hydrogen) atoms. The molecule has 0 radical (unpaired) electrons. The molecule has 0 aliphatic heterocycles. The summed E-state index contributed by atoms with van der Waals surface area (Å²) in [4.78, 5) is 14.1. The third-order valence-electron chi connectivity index (χ3n) is 4.84. The highest BCUT2D eigenvalue weighted by Gasteiger charge is 2.11. The summed E-state index contributed by atoms with van der Waals surface area (Å²) in [7, 11) is 1.88. The summed E-state index contributed by atoms with van der Waals surface area (Å²) in [6.07, 6.45) is 4.73. The number of benzene rings is 2. The van der Waals surface area contributed by atoms with Crippen LogP contribution in [0.2, 0.25) is 0 Å². The van der Waals surface area contributed by atoms with E-state index in [1.165, 1.54) is 6.20 Å². The predicted molar refractivity (Wildman–Crippen MR) is 114 cm³/mol. The zero-order valence-corrected chi connectivity index (χ0v) is 16.7. The Labute approximate surface area is 173 Å². The van der Waals surface area contributed by atoms with Gasteiger partial charge in [0.2, 0.25) is 5.88 Å². The van der Waals surface area contributed by atoms with Crippen molar-refractivity contribution in [2.24, 2.45) is 0 Å². The van der Waals surface area contributed by atoms with Gasteiger partial charge in [0.05, 0.1) is 17.1 Å². The van der Waals surface area contributed by atoms with E-state index in [2.05, 4.69) is 15.0 Å². The number of hydrogen-bond acceptors (Lipinski definition) is 6. The Bertz CT molecular complexity index is 1180. The van der Waals surface area contributed by atoms with Crippen LogP contribution in [0.5, 0.6) is 17.6 Å². The van der Waals surface area contributed by atoms with Crippen LogP contribution in [0.3, 0.4) is 0 Å². The van der Waals surface area contributed by atoms with E-state index in [-0.39, 0.29) is 17.7 Å². The number of aromatic hydroxyl groups is 1. The van der Waals surface area contributed by atoms with Crippen molar-refractivity contribution in [3.63, 3.8) is 0 Å². The fourth-order valence-corrected chi connectivity index (χ4v) is 3.20. The van der Waals surface area contributed by atoms with Gasteiger partial charge >= 0.3 is 6.01 Å². The van der Waals surface area contributed by atoms with Crippen LogP contribution in [-0.4, -0.2) is 27.1 Å². The average Bonchev–Trinajstić information content (AvgIpc) is 2.75. The van der Waals surface area contributed by atoms with Gasteiger partial charge in [-0.25, -0.2) is 4.39 Å².